The molecule has 0 amide bonds. The van der Waals surface area contributed by atoms with Gasteiger partial charge in [0.05, 0.1) is 0 Å². The third-order valence-corrected chi connectivity index (χ3v) is 3.22. The van der Waals surface area contributed by atoms with Crippen LogP contribution < -0.4 is 0 Å². The molecule has 1 heteroatoms. The van der Waals surface area contributed by atoms with Gasteiger partial charge in [-0.2, -0.15) is 0 Å². The molecule has 1 unspecified atom stereocenters. The summed E-state index contributed by atoms with van der Waals surface area (Å²) >= 11 is 0. The van der Waals surface area contributed by atoms with E-state index in [1.165, 1.54) is 11.1 Å². The van der Waals surface area contributed by atoms with Crippen molar-refractivity contribution in [2.45, 2.75) is 19.8 Å². The van der Waals surface area contributed by atoms with Crippen LogP contribution in [0.5, 0.6) is 0 Å². The first kappa shape index (κ1) is 11.6. The van der Waals surface area contributed by atoms with Gasteiger partial charge in [0.25, 0.3) is 0 Å². The Morgan fingerprint density at radius 3 is 2.29 bits per heavy atom. The van der Waals surface area contributed by atoms with Crippen LogP contribution in [-0.4, -0.2) is 6.29 Å². The summed E-state index contributed by atoms with van der Waals surface area (Å²) in [6.07, 6.45) is 0.909. The molecule has 0 heterocycles. The van der Waals surface area contributed by atoms with Gasteiger partial charge in [-0.15, -0.1) is 0 Å². The SMILES string of the molecule is Cc1cc(C(C)c2ccccc2)ccc1C=O. The summed E-state index contributed by atoms with van der Waals surface area (Å²) < 4.78 is 0. The topological polar surface area (TPSA) is 17.1 Å². The van der Waals surface area contributed by atoms with Crippen LogP contribution in [0.25, 0.3) is 0 Å². The Kier molecular flexibility index (Phi) is 3.38. The third-order valence-electron chi connectivity index (χ3n) is 3.22. The minimum absolute atomic E-state index is 0.357. The second-order valence-corrected chi connectivity index (χ2v) is 4.37. The average Bonchev–Trinajstić information content (AvgIpc) is 2.39. The number of hydrogen-bond donors (Lipinski definition) is 0. The second kappa shape index (κ2) is 4.96. The lowest BCUT2D eigenvalue weighted by Gasteiger charge is -2.13. The average molecular weight is 224 g/mol. The predicted octanol–water partition coefficient (Wildman–Crippen LogP) is 3.96. The maximum absolute atomic E-state index is 10.8. The predicted molar refractivity (Wildman–Crippen MR) is 70.5 cm³/mol. The van der Waals surface area contributed by atoms with Crippen LogP contribution in [0.2, 0.25) is 0 Å². The lowest BCUT2D eigenvalue weighted by Crippen LogP contribution is -1.97. The van der Waals surface area contributed by atoms with E-state index in [4.69, 9.17) is 0 Å². The summed E-state index contributed by atoms with van der Waals surface area (Å²) in [7, 11) is 0. The molecule has 0 aliphatic heterocycles. The number of rotatable bonds is 3. The highest BCUT2D eigenvalue weighted by Crippen LogP contribution is 2.25. The van der Waals surface area contributed by atoms with Gasteiger partial charge in [0.1, 0.15) is 6.29 Å². The number of hydrogen-bond acceptors (Lipinski definition) is 1. The van der Waals surface area contributed by atoms with Crippen molar-refractivity contribution in [1.82, 2.24) is 0 Å². The van der Waals surface area contributed by atoms with Gasteiger partial charge < -0.3 is 0 Å². The fourth-order valence-electron chi connectivity index (χ4n) is 2.03. The Balaban J connectivity index is 2.35. The van der Waals surface area contributed by atoms with Crippen LogP contribution in [0.15, 0.2) is 48.5 Å². The Morgan fingerprint density at radius 1 is 1.00 bits per heavy atom. The van der Waals surface area contributed by atoms with E-state index in [1.54, 1.807) is 0 Å². The molecule has 2 aromatic carbocycles. The van der Waals surface area contributed by atoms with E-state index in [1.807, 2.05) is 25.1 Å². The number of carbonyl (C=O) groups excluding carboxylic acids is 1. The summed E-state index contributed by atoms with van der Waals surface area (Å²) in [5, 5.41) is 0. The largest absolute Gasteiger partial charge is 0.298 e. The van der Waals surface area contributed by atoms with Gasteiger partial charge in [-0.25, -0.2) is 0 Å². The molecule has 0 spiro atoms. The summed E-state index contributed by atoms with van der Waals surface area (Å²) in [6.45, 7) is 4.16. The Morgan fingerprint density at radius 2 is 1.71 bits per heavy atom. The monoisotopic (exact) mass is 224 g/mol. The highest BCUT2D eigenvalue weighted by atomic mass is 16.1. The van der Waals surface area contributed by atoms with Gasteiger partial charge in [0.2, 0.25) is 0 Å². The quantitative estimate of drug-likeness (QED) is 0.721. The minimum Gasteiger partial charge on any atom is -0.298 e. The van der Waals surface area contributed by atoms with Crippen LogP contribution >= 0.6 is 0 Å². The maximum Gasteiger partial charge on any atom is 0.150 e. The lowest BCUT2D eigenvalue weighted by atomic mass is 9.91. The van der Waals surface area contributed by atoms with Crippen molar-refractivity contribution in [3.05, 3.63) is 70.8 Å². The van der Waals surface area contributed by atoms with E-state index < -0.39 is 0 Å². The first-order valence-electron chi connectivity index (χ1n) is 5.83. The number of carbonyl (C=O) groups is 1. The van der Waals surface area contributed by atoms with Crippen molar-refractivity contribution in [2.75, 3.05) is 0 Å². The Bertz CT molecular complexity index is 514. The molecule has 2 aromatic rings. The molecule has 17 heavy (non-hydrogen) atoms. The molecule has 0 aromatic heterocycles. The van der Waals surface area contributed by atoms with Crippen LogP contribution in [0.3, 0.4) is 0 Å². The molecule has 1 atom stereocenters. The highest BCUT2D eigenvalue weighted by molar-refractivity contribution is 5.77. The fourth-order valence-corrected chi connectivity index (χ4v) is 2.03. The third kappa shape index (κ3) is 2.44. The fraction of sp³-hybridized carbons (Fsp3) is 0.188. The first-order chi connectivity index (χ1) is 8.22. The molecule has 0 saturated heterocycles. The number of benzene rings is 2. The number of aryl methyl sites for hydroxylation is 1. The van der Waals surface area contributed by atoms with Crippen LogP contribution in [0, 0.1) is 6.92 Å². The molecule has 0 aliphatic rings. The van der Waals surface area contributed by atoms with Gasteiger partial charge >= 0.3 is 0 Å². The van der Waals surface area contributed by atoms with Crippen LogP contribution in [0.1, 0.15) is 39.9 Å². The van der Waals surface area contributed by atoms with Crippen molar-refractivity contribution in [3.8, 4) is 0 Å². The molecule has 0 radical (unpaired) electrons. The van der Waals surface area contributed by atoms with E-state index in [-0.39, 0.29) is 0 Å². The van der Waals surface area contributed by atoms with Crippen molar-refractivity contribution < 1.29 is 4.79 Å². The van der Waals surface area contributed by atoms with E-state index >= 15 is 0 Å². The Hall–Kier alpha value is -1.89. The van der Waals surface area contributed by atoms with Gasteiger partial charge in [0.15, 0.2) is 0 Å². The summed E-state index contributed by atoms with van der Waals surface area (Å²) in [6, 6.07) is 16.4. The zero-order valence-electron chi connectivity index (χ0n) is 10.2. The minimum atomic E-state index is 0.357. The normalized spacial score (nSPS) is 12.1. The lowest BCUT2D eigenvalue weighted by molar-refractivity contribution is 0.112. The standard InChI is InChI=1S/C16H16O/c1-12-10-15(8-9-16(12)11-17)13(2)14-6-4-3-5-7-14/h3-11,13H,1-2H3. The highest BCUT2D eigenvalue weighted by Gasteiger charge is 2.08. The maximum atomic E-state index is 10.8. The van der Waals surface area contributed by atoms with Crippen LogP contribution in [0.4, 0.5) is 0 Å². The van der Waals surface area contributed by atoms with Gasteiger partial charge in [0, 0.05) is 11.5 Å². The van der Waals surface area contributed by atoms with Gasteiger partial charge in [-0.05, 0) is 23.6 Å². The molecule has 1 nitrogen and oxygen atoms in total. The molecule has 2 rings (SSSR count). The second-order valence-electron chi connectivity index (χ2n) is 4.37. The zero-order valence-corrected chi connectivity index (χ0v) is 10.2. The van der Waals surface area contributed by atoms with Crippen molar-refractivity contribution in [2.24, 2.45) is 0 Å². The molecular formula is C16H16O. The van der Waals surface area contributed by atoms with Crippen molar-refractivity contribution in [1.29, 1.82) is 0 Å². The zero-order chi connectivity index (χ0) is 12.3. The Labute approximate surface area is 102 Å². The molecule has 0 bridgehead atoms. The molecular weight excluding hydrogens is 208 g/mol. The van der Waals surface area contributed by atoms with Gasteiger partial charge in [-0.3, -0.25) is 4.79 Å². The summed E-state index contributed by atoms with van der Waals surface area (Å²) in [5.41, 5.74) is 4.36. The van der Waals surface area contributed by atoms with Gasteiger partial charge in [-0.1, -0.05) is 55.5 Å². The molecule has 0 saturated carbocycles. The smallest absolute Gasteiger partial charge is 0.150 e. The summed E-state index contributed by atoms with van der Waals surface area (Å²) in [4.78, 5) is 10.8. The molecule has 86 valence electrons. The van der Waals surface area contributed by atoms with Crippen LogP contribution in [-0.2, 0) is 0 Å². The van der Waals surface area contributed by atoms with Crippen molar-refractivity contribution >= 4 is 6.29 Å². The van der Waals surface area contributed by atoms with E-state index in [0.717, 1.165) is 17.4 Å². The first-order valence-corrected chi connectivity index (χ1v) is 5.83. The summed E-state index contributed by atoms with van der Waals surface area (Å²) in [5.74, 6) is 0.357. The molecule has 0 fully saturated rings. The van der Waals surface area contributed by atoms with E-state index in [0.29, 0.717) is 5.92 Å². The van der Waals surface area contributed by atoms with E-state index in [2.05, 4.69) is 37.3 Å². The molecule has 0 N–H and O–H groups in total. The van der Waals surface area contributed by atoms with Crippen molar-refractivity contribution in [3.63, 3.8) is 0 Å². The molecule has 0 aliphatic carbocycles. The van der Waals surface area contributed by atoms with E-state index in [9.17, 15) is 4.79 Å². The number of aldehydes is 1.